The van der Waals surface area contributed by atoms with Crippen LogP contribution in [-0.4, -0.2) is 38.3 Å². The average Bonchev–Trinajstić information content (AvgIpc) is 2.33. The molecule has 0 unspecified atom stereocenters. The Kier molecular flexibility index (Phi) is 2.69. The lowest BCUT2D eigenvalue weighted by Crippen LogP contribution is -2.34. The summed E-state index contributed by atoms with van der Waals surface area (Å²) in [4.78, 5) is 2.27. The molecule has 2 heteroatoms. The van der Waals surface area contributed by atoms with E-state index in [1.54, 1.807) is 0 Å². The van der Waals surface area contributed by atoms with Crippen LogP contribution in [0, 0.1) is 5.92 Å². The minimum Gasteiger partial charge on any atom is -0.379 e. The lowest BCUT2D eigenvalue weighted by Gasteiger charge is -2.22. The van der Waals surface area contributed by atoms with Crippen LogP contribution in [-0.2, 0) is 4.74 Å². The predicted octanol–water partition coefficient (Wildman–Crippen LogP) is 0.973. The summed E-state index contributed by atoms with van der Waals surface area (Å²) >= 11 is 0. The first kappa shape index (κ1) is 8.02. The van der Waals surface area contributed by atoms with Gasteiger partial charge in [0.1, 0.15) is 0 Å². The van der Waals surface area contributed by atoms with Gasteiger partial charge in [0.05, 0.1) is 13.2 Å². The maximum atomic E-state index is 5.38. The van der Waals surface area contributed by atoms with E-state index in [0.717, 1.165) is 19.1 Å². The smallest absolute Gasteiger partial charge is 0.0625 e. The van der Waals surface area contributed by atoms with Gasteiger partial charge in [0.25, 0.3) is 0 Å². The summed E-state index contributed by atoms with van der Waals surface area (Å²) in [7, 11) is 4.25. The van der Waals surface area contributed by atoms with E-state index >= 15 is 0 Å². The molecule has 1 saturated heterocycles. The van der Waals surface area contributed by atoms with Crippen LogP contribution in [0.5, 0.6) is 0 Å². The van der Waals surface area contributed by atoms with Gasteiger partial charge in [0, 0.05) is 6.04 Å². The molecule has 1 aliphatic heterocycles. The highest BCUT2D eigenvalue weighted by molar-refractivity contribution is 4.79. The lowest BCUT2D eigenvalue weighted by molar-refractivity contribution is 0.169. The van der Waals surface area contributed by atoms with Gasteiger partial charge in [-0.2, -0.15) is 0 Å². The van der Waals surface area contributed by atoms with Crippen LogP contribution < -0.4 is 0 Å². The van der Waals surface area contributed by atoms with Crippen LogP contribution >= 0.6 is 0 Å². The lowest BCUT2D eigenvalue weighted by atomic mass is 10.0. The van der Waals surface area contributed by atoms with Gasteiger partial charge >= 0.3 is 0 Å². The number of nitrogens with zero attached hydrogens (tertiary/aromatic N) is 1. The van der Waals surface area contributed by atoms with Gasteiger partial charge in [-0.05, 0) is 26.4 Å². The van der Waals surface area contributed by atoms with Crippen LogP contribution in [0.3, 0.4) is 0 Å². The molecule has 2 atom stereocenters. The third-order valence-electron chi connectivity index (χ3n) is 2.35. The molecule has 60 valence electrons. The maximum Gasteiger partial charge on any atom is 0.0625 e. The second kappa shape index (κ2) is 3.35. The summed E-state index contributed by atoms with van der Waals surface area (Å²) in [5, 5.41) is 0. The molecule has 1 heterocycles. The molecular formula is C8H17NO. The van der Waals surface area contributed by atoms with E-state index in [2.05, 4.69) is 25.9 Å². The highest BCUT2D eigenvalue weighted by Gasteiger charge is 2.27. The first-order valence-corrected chi connectivity index (χ1v) is 4.00. The van der Waals surface area contributed by atoms with Crippen molar-refractivity contribution in [2.24, 2.45) is 5.92 Å². The Balaban J connectivity index is 2.42. The summed E-state index contributed by atoms with van der Waals surface area (Å²) in [6.45, 7) is 4.11. The molecular weight excluding hydrogens is 126 g/mol. The largest absolute Gasteiger partial charge is 0.379 e. The second-order valence-electron chi connectivity index (χ2n) is 3.24. The molecule has 1 aliphatic rings. The summed E-state index contributed by atoms with van der Waals surface area (Å²) in [6, 6.07) is 0.657. The first-order valence-electron chi connectivity index (χ1n) is 4.00. The van der Waals surface area contributed by atoms with E-state index in [4.69, 9.17) is 4.74 Å². The molecule has 0 aliphatic carbocycles. The van der Waals surface area contributed by atoms with Gasteiger partial charge in [-0.1, -0.05) is 6.92 Å². The zero-order chi connectivity index (χ0) is 7.56. The Morgan fingerprint density at radius 1 is 1.40 bits per heavy atom. The monoisotopic (exact) mass is 143 g/mol. The van der Waals surface area contributed by atoms with Crippen molar-refractivity contribution in [1.82, 2.24) is 4.90 Å². The van der Waals surface area contributed by atoms with E-state index in [1.165, 1.54) is 6.42 Å². The van der Waals surface area contributed by atoms with Gasteiger partial charge in [0.15, 0.2) is 0 Å². The van der Waals surface area contributed by atoms with Crippen LogP contribution in [0.2, 0.25) is 0 Å². The minimum atomic E-state index is 0.657. The Morgan fingerprint density at radius 3 is 2.50 bits per heavy atom. The molecule has 0 radical (unpaired) electrons. The van der Waals surface area contributed by atoms with Crippen LogP contribution in [0.25, 0.3) is 0 Å². The quantitative estimate of drug-likeness (QED) is 0.571. The van der Waals surface area contributed by atoms with Gasteiger partial charge in [-0.15, -0.1) is 0 Å². The molecule has 0 spiro atoms. The zero-order valence-electron chi connectivity index (χ0n) is 7.13. The number of likely N-dealkylation sites (N-methyl/N-ethyl adjacent to an activating group) is 1. The molecule has 1 rings (SSSR count). The van der Waals surface area contributed by atoms with Crippen LogP contribution in [0.4, 0.5) is 0 Å². The molecule has 0 amide bonds. The van der Waals surface area contributed by atoms with Crippen molar-refractivity contribution in [3.05, 3.63) is 0 Å². The molecule has 1 fully saturated rings. The summed E-state index contributed by atoms with van der Waals surface area (Å²) < 4.78 is 5.38. The molecule has 0 aromatic rings. The number of hydrogen-bond acceptors (Lipinski definition) is 2. The topological polar surface area (TPSA) is 12.5 Å². The van der Waals surface area contributed by atoms with Crippen molar-refractivity contribution >= 4 is 0 Å². The van der Waals surface area contributed by atoms with E-state index in [1.807, 2.05) is 0 Å². The van der Waals surface area contributed by atoms with E-state index < -0.39 is 0 Å². The zero-order valence-corrected chi connectivity index (χ0v) is 7.13. The fraction of sp³-hybridized carbons (Fsp3) is 1.00. The molecule has 0 saturated carbocycles. The number of hydrogen-bond donors (Lipinski definition) is 0. The third-order valence-corrected chi connectivity index (χ3v) is 2.35. The number of rotatable bonds is 2. The maximum absolute atomic E-state index is 5.38. The highest BCUT2D eigenvalue weighted by Crippen LogP contribution is 2.19. The molecule has 2 nitrogen and oxygen atoms in total. The Labute approximate surface area is 63.2 Å². The minimum absolute atomic E-state index is 0.657. The summed E-state index contributed by atoms with van der Waals surface area (Å²) in [5.74, 6) is 0.759. The summed E-state index contributed by atoms with van der Waals surface area (Å²) in [5.41, 5.74) is 0. The fourth-order valence-corrected chi connectivity index (χ4v) is 1.55. The van der Waals surface area contributed by atoms with Crippen molar-refractivity contribution in [2.45, 2.75) is 19.4 Å². The first-order chi connectivity index (χ1) is 4.75. The van der Waals surface area contributed by atoms with Crippen LogP contribution in [0.15, 0.2) is 0 Å². The average molecular weight is 143 g/mol. The standard InChI is InChI=1S/C8H17NO/c1-4-7-5-10-6-8(7)9(2)3/h7-8H,4-6H2,1-3H3/t7-,8-/m1/s1. The van der Waals surface area contributed by atoms with Crippen molar-refractivity contribution in [2.75, 3.05) is 27.3 Å². The molecule has 0 aromatic heterocycles. The normalized spacial score (nSPS) is 33.6. The SMILES string of the molecule is CC[C@@H]1COC[C@H]1N(C)C. The van der Waals surface area contributed by atoms with E-state index in [9.17, 15) is 0 Å². The van der Waals surface area contributed by atoms with Crippen molar-refractivity contribution in [1.29, 1.82) is 0 Å². The van der Waals surface area contributed by atoms with Gasteiger partial charge in [-0.25, -0.2) is 0 Å². The van der Waals surface area contributed by atoms with Crippen molar-refractivity contribution in [3.8, 4) is 0 Å². The van der Waals surface area contributed by atoms with Crippen LogP contribution in [0.1, 0.15) is 13.3 Å². The third kappa shape index (κ3) is 1.50. The van der Waals surface area contributed by atoms with Crippen molar-refractivity contribution < 1.29 is 4.74 Å². The number of ether oxygens (including phenoxy) is 1. The molecule has 0 N–H and O–H groups in total. The molecule has 10 heavy (non-hydrogen) atoms. The van der Waals surface area contributed by atoms with Gasteiger partial charge in [0.2, 0.25) is 0 Å². The van der Waals surface area contributed by atoms with E-state index in [-0.39, 0.29) is 0 Å². The highest BCUT2D eigenvalue weighted by atomic mass is 16.5. The van der Waals surface area contributed by atoms with Gasteiger partial charge in [-0.3, -0.25) is 0 Å². The van der Waals surface area contributed by atoms with Crippen molar-refractivity contribution in [3.63, 3.8) is 0 Å². The fourth-order valence-electron chi connectivity index (χ4n) is 1.55. The molecule has 0 bridgehead atoms. The Morgan fingerprint density at radius 2 is 2.10 bits per heavy atom. The predicted molar refractivity (Wildman–Crippen MR) is 42.1 cm³/mol. The Bertz CT molecular complexity index is 103. The van der Waals surface area contributed by atoms with Gasteiger partial charge < -0.3 is 9.64 Å². The second-order valence-corrected chi connectivity index (χ2v) is 3.24. The summed E-state index contributed by atoms with van der Waals surface area (Å²) in [6.07, 6.45) is 1.24. The van der Waals surface area contributed by atoms with E-state index in [0.29, 0.717) is 6.04 Å². The Hall–Kier alpha value is -0.0800. The molecule has 0 aromatic carbocycles.